The van der Waals surface area contributed by atoms with Crippen LogP contribution in [0.2, 0.25) is 0 Å². The van der Waals surface area contributed by atoms with Gasteiger partial charge in [-0.05, 0) is 30.7 Å². The first-order valence-corrected chi connectivity index (χ1v) is 5.56. The van der Waals surface area contributed by atoms with Crippen molar-refractivity contribution in [1.29, 1.82) is 0 Å². The third kappa shape index (κ3) is 1.50. The number of aromatic carboxylic acids is 1. The van der Waals surface area contributed by atoms with Crippen molar-refractivity contribution in [3.8, 4) is 11.5 Å². The maximum atomic E-state index is 11.1. The predicted molar refractivity (Wildman–Crippen MR) is 67.7 cm³/mol. The number of H-pyrrole nitrogens is 1. The van der Waals surface area contributed by atoms with E-state index in [1.807, 2.05) is 31.2 Å². The SMILES string of the molecule is Cc1cccc2[nH]c(-c3occc3C(=O)O)cc12. The quantitative estimate of drug-likeness (QED) is 0.722. The van der Waals surface area contributed by atoms with E-state index in [1.54, 1.807) is 0 Å². The molecule has 18 heavy (non-hydrogen) atoms. The van der Waals surface area contributed by atoms with Gasteiger partial charge in [-0.15, -0.1) is 0 Å². The highest BCUT2D eigenvalue weighted by Gasteiger charge is 2.17. The van der Waals surface area contributed by atoms with Crippen LogP contribution in [-0.4, -0.2) is 16.1 Å². The molecule has 4 heteroatoms. The largest absolute Gasteiger partial charge is 0.478 e. The molecular formula is C14H11NO3. The number of aromatic nitrogens is 1. The molecule has 0 fully saturated rings. The molecule has 0 atom stereocenters. The zero-order chi connectivity index (χ0) is 12.7. The van der Waals surface area contributed by atoms with Crippen LogP contribution in [0, 0.1) is 6.92 Å². The summed E-state index contributed by atoms with van der Waals surface area (Å²) in [5, 5.41) is 10.1. The van der Waals surface area contributed by atoms with Crippen LogP contribution in [0.4, 0.5) is 0 Å². The number of furan rings is 1. The van der Waals surface area contributed by atoms with E-state index in [4.69, 9.17) is 9.52 Å². The highest BCUT2D eigenvalue weighted by Crippen LogP contribution is 2.29. The van der Waals surface area contributed by atoms with Crippen molar-refractivity contribution < 1.29 is 14.3 Å². The number of aryl methyl sites for hydroxylation is 1. The summed E-state index contributed by atoms with van der Waals surface area (Å²) in [5.74, 6) is -0.632. The zero-order valence-electron chi connectivity index (χ0n) is 9.73. The number of rotatable bonds is 2. The highest BCUT2D eigenvalue weighted by atomic mass is 16.4. The minimum absolute atomic E-state index is 0.166. The zero-order valence-corrected chi connectivity index (χ0v) is 9.73. The molecule has 0 saturated carbocycles. The fourth-order valence-corrected chi connectivity index (χ4v) is 2.12. The van der Waals surface area contributed by atoms with Crippen molar-refractivity contribution in [2.75, 3.05) is 0 Å². The molecule has 0 unspecified atom stereocenters. The first-order valence-electron chi connectivity index (χ1n) is 5.56. The Labute approximate surface area is 103 Å². The lowest BCUT2D eigenvalue weighted by molar-refractivity contribution is 0.0697. The monoisotopic (exact) mass is 241 g/mol. The van der Waals surface area contributed by atoms with Crippen molar-refractivity contribution in [2.24, 2.45) is 0 Å². The van der Waals surface area contributed by atoms with E-state index in [2.05, 4.69) is 4.98 Å². The summed E-state index contributed by atoms with van der Waals surface area (Å²) in [6.45, 7) is 2.01. The van der Waals surface area contributed by atoms with Gasteiger partial charge in [0.05, 0.1) is 12.0 Å². The fourth-order valence-electron chi connectivity index (χ4n) is 2.12. The van der Waals surface area contributed by atoms with Gasteiger partial charge in [0.2, 0.25) is 0 Å². The number of carboxylic acid groups (broad SMARTS) is 1. The van der Waals surface area contributed by atoms with Gasteiger partial charge in [0.25, 0.3) is 0 Å². The number of hydrogen-bond donors (Lipinski definition) is 2. The molecule has 0 bridgehead atoms. The third-order valence-electron chi connectivity index (χ3n) is 3.02. The molecule has 0 radical (unpaired) electrons. The van der Waals surface area contributed by atoms with Gasteiger partial charge in [-0.2, -0.15) is 0 Å². The number of fused-ring (bicyclic) bond motifs is 1. The standard InChI is InChI=1S/C14H11NO3/c1-8-3-2-4-11-10(8)7-12(15-11)13-9(14(16)17)5-6-18-13/h2-7,15H,1H3,(H,16,17). The Morgan fingerprint density at radius 2 is 2.17 bits per heavy atom. The summed E-state index contributed by atoms with van der Waals surface area (Å²) in [6.07, 6.45) is 1.39. The van der Waals surface area contributed by atoms with Crippen LogP contribution in [0.5, 0.6) is 0 Å². The van der Waals surface area contributed by atoms with Gasteiger partial charge in [0.15, 0.2) is 5.76 Å². The number of hydrogen-bond acceptors (Lipinski definition) is 2. The van der Waals surface area contributed by atoms with E-state index in [-0.39, 0.29) is 5.56 Å². The summed E-state index contributed by atoms with van der Waals surface area (Å²) in [4.78, 5) is 14.2. The van der Waals surface area contributed by atoms with E-state index < -0.39 is 5.97 Å². The number of carboxylic acids is 1. The van der Waals surface area contributed by atoms with E-state index >= 15 is 0 Å². The molecule has 0 amide bonds. The van der Waals surface area contributed by atoms with Gasteiger partial charge in [0.1, 0.15) is 5.56 Å². The second-order valence-corrected chi connectivity index (χ2v) is 4.19. The summed E-state index contributed by atoms with van der Waals surface area (Å²) < 4.78 is 5.27. The second-order valence-electron chi connectivity index (χ2n) is 4.19. The van der Waals surface area contributed by atoms with E-state index in [9.17, 15) is 4.79 Å². The third-order valence-corrected chi connectivity index (χ3v) is 3.02. The first kappa shape index (κ1) is 10.7. The number of benzene rings is 1. The van der Waals surface area contributed by atoms with Gasteiger partial charge in [0, 0.05) is 10.9 Å². The Kier molecular flexibility index (Phi) is 2.23. The van der Waals surface area contributed by atoms with Gasteiger partial charge >= 0.3 is 5.97 Å². The Balaban J connectivity index is 2.23. The second kappa shape index (κ2) is 3.77. The van der Waals surface area contributed by atoms with Crippen LogP contribution in [0.25, 0.3) is 22.4 Å². The van der Waals surface area contributed by atoms with Crippen LogP contribution < -0.4 is 0 Å². The molecule has 0 aliphatic heterocycles. The molecule has 0 saturated heterocycles. The van der Waals surface area contributed by atoms with Gasteiger partial charge < -0.3 is 14.5 Å². The summed E-state index contributed by atoms with van der Waals surface area (Å²) in [7, 11) is 0. The normalized spacial score (nSPS) is 10.9. The van der Waals surface area contributed by atoms with E-state index in [0.717, 1.165) is 16.5 Å². The van der Waals surface area contributed by atoms with E-state index in [0.29, 0.717) is 11.5 Å². The lowest BCUT2D eigenvalue weighted by atomic mass is 10.1. The average Bonchev–Trinajstić information content (AvgIpc) is 2.95. The Morgan fingerprint density at radius 3 is 2.89 bits per heavy atom. The molecule has 90 valence electrons. The van der Waals surface area contributed by atoms with Crippen molar-refractivity contribution >= 4 is 16.9 Å². The van der Waals surface area contributed by atoms with Gasteiger partial charge in [-0.1, -0.05) is 12.1 Å². The molecule has 1 aromatic carbocycles. The highest BCUT2D eigenvalue weighted by molar-refractivity contribution is 5.96. The molecule has 2 N–H and O–H groups in total. The average molecular weight is 241 g/mol. The minimum Gasteiger partial charge on any atom is -0.478 e. The molecular weight excluding hydrogens is 230 g/mol. The lowest BCUT2D eigenvalue weighted by Gasteiger charge is -1.94. The van der Waals surface area contributed by atoms with E-state index in [1.165, 1.54) is 12.3 Å². The van der Waals surface area contributed by atoms with Gasteiger partial charge in [-0.3, -0.25) is 0 Å². The van der Waals surface area contributed by atoms with Crippen LogP contribution in [-0.2, 0) is 0 Å². The maximum absolute atomic E-state index is 11.1. The number of nitrogens with one attached hydrogen (secondary N) is 1. The van der Waals surface area contributed by atoms with Crippen LogP contribution in [0.1, 0.15) is 15.9 Å². The van der Waals surface area contributed by atoms with Crippen LogP contribution >= 0.6 is 0 Å². The number of aromatic amines is 1. The maximum Gasteiger partial charge on any atom is 0.339 e. The van der Waals surface area contributed by atoms with Gasteiger partial charge in [-0.25, -0.2) is 4.79 Å². The smallest absolute Gasteiger partial charge is 0.339 e. The van der Waals surface area contributed by atoms with Crippen molar-refractivity contribution in [3.05, 3.63) is 47.7 Å². The molecule has 0 aliphatic carbocycles. The topological polar surface area (TPSA) is 66.2 Å². The lowest BCUT2D eigenvalue weighted by Crippen LogP contribution is -1.95. The minimum atomic E-state index is -0.992. The molecule has 4 nitrogen and oxygen atoms in total. The Morgan fingerprint density at radius 1 is 1.33 bits per heavy atom. The van der Waals surface area contributed by atoms with Crippen molar-refractivity contribution in [1.82, 2.24) is 4.98 Å². The molecule has 0 aliphatic rings. The van der Waals surface area contributed by atoms with Crippen molar-refractivity contribution in [2.45, 2.75) is 6.92 Å². The molecule has 3 rings (SSSR count). The summed E-state index contributed by atoms with van der Waals surface area (Å²) in [6, 6.07) is 9.29. The first-order chi connectivity index (χ1) is 8.66. The number of carbonyl (C=O) groups is 1. The van der Waals surface area contributed by atoms with Crippen molar-refractivity contribution in [3.63, 3.8) is 0 Å². The molecule has 0 spiro atoms. The predicted octanol–water partition coefficient (Wildman–Crippen LogP) is 3.43. The summed E-state index contributed by atoms with van der Waals surface area (Å²) in [5.41, 5.74) is 2.96. The van der Waals surface area contributed by atoms with Crippen LogP contribution in [0.15, 0.2) is 41.0 Å². The molecule has 2 heterocycles. The molecule has 2 aromatic heterocycles. The molecule has 3 aromatic rings. The Bertz CT molecular complexity index is 736. The summed E-state index contributed by atoms with van der Waals surface area (Å²) >= 11 is 0. The Hall–Kier alpha value is -2.49. The fraction of sp³-hybridized carbons (Fsp3) is 0.0714. The van der Waals surface area contributed by atoms with Crippen LogP contribution in [0.3, 0.4) is 0 Å².